The third-order valence-electron chi connectivity index (χ3n) is 7.38. The van der Waals surface area contributed by atoms with Gasteiger partial charge in [0.2, 0.25) is 0 Å². The molecule has 38 heavy (non-hydrogen) atoms. The fourth-order valence-corrected chi connectivity index (χ4v) is 6.06. The first kappa shape index (κ1) is 23.0. The maximum absolute atomic E-state index is 4.98. The first-order valence-corrected chi connectivity index (χ1v) is 13.9. The number of rotatable bonds is 6. The Balaban J connectivity index is 1.03. The Kier molecular flexibility index (Phi) is 6.03. The number of hydrogen-bond donors (Lipinski definition) is 1. The van der Waals surface area contributed by atoms with Crippen molar-refractivity contribution in [2.75, 3.05) is 13.1 Å². The number of likely N-dealkylation sites (tertiary alicyclic amines) is 1. The first-order chi connectivity index (χ1) is 18.8. The molecule has 0 unspecified atom stereocenters. The Bertz CT molecular complexity index is 1640. The third kappa shape index (κ3) is 4.42. The van der Waals surface area contributed by atoms with E-state index in [1.807, 2.05) is 12.1 Å². The van der Waals surface area contributed by atoms with Gasteiger partial charge >= 0.3 is 0 Å². The predicted octanol–water partition coefficient (Wildman–Crippen LogP) is 6.29. The number of hydrogen-bond acceptors (Lipinski definition) is 6. The van der Waals surface area contributed by atoms with Crippen molar-refractivity contribution in [2.45, 2.75) is 25.3 Å². The van der Waals surface area contributed by atoms with Gasteiger partial charge in [-0.25, -0.2) is 4.98 Å². The summed E-state index contributed by atoms with van der Waals surface area (Å²) in [6.45, 7) is 3.05. The summed E-state index contributed by atoms with van der Waals surface area (Å²) in [7, 11) is 0. The SMILES string of the molecule is c1ccc(-c2c(-c3ccc(CN4CCC(c5nnc(-c6ccncc6)[nH]5)CC4)cc3)nc3sccn23)cc1. The zero-order chi connectivity index (χ0) is 25.3. The van der Waals surface area contributed by atoms with E-state index in [-0.39, 0.29) is 0 Å². The van der Waals surface area contributed by atoms with Gasteiger partial charge in [-0.3, -0.25) is 14.3 Å². The molecule has 0 atom stereocenters. The van der Waals surface area contributed by atoms with Gasteiger partial charge in [-0.05, 0) is 43.6 Å². The minimum absolute atomic E-state index is 0.419. The van der Waals surface area contributed by atoms with Gasteiger partial charge in [0, 0.05) is 53.1 Å². The molecule has 6 aromatic rings. The fraction of sp³-hybridized carbons (Fsp3) is 0.200. The molecule has 7 nitrogen and oxygen atoms in total. The predicted molar refractivity (Wildman–Crippen MR) is 151 cm³/mol. The normalized spacial score (nSPS) is 14.8. The van der Waals surface area contributed by atoms with E-state index in [2.05, 4.69) is 95.6 Å². The molecule has 0 spiro atoms. The first-order valence-electron chi connectivity index (χ1n) is 13.0. The van der Waals surface area contributed by atoms with Gasteiger partial charge < -0.3 is 4.98 Å². The van der Waals surface area contributed by atoms with Gasteiger partial charge in [0.1, 0.15) is 5.82 Å². The third-order valence-corrected chi connectivity index (χ3v) is 8.13. The maximum atomic E-state index is 4.98. The summed E-state index contributed by atoms with van der Waals surface area (Å²) in [5.74, 6) is 2.23. The van der Waals surface area contributed by atoms with E-state index in [0.29, 0.717) is 5.92 Å². The van der Waals surface area contributed by atoms with Crippen LogP contribution in [-0.2, 0) is 6.54 Å². The molecular formula is C30H27N7S. The second-order valence-electron chi connectivity index (χ2n) is 9.77. The molecule has 4 aromatic heterocycles. The number of pyridine rings is 1. The molecule has 1 fully saturated rings. The van der Waals surface area contributed by atoms with Crippen LogP contribution in [0, 0.1) is 0 Å². The molecule has 0 aliphatic carbocycles. The lowest BCUT2D eigenvalue weighted by atomic mass is 9.95. The van der Waals surface area contributed by atoms with Crippen molar-refractivity contribution in [1.82, 2.24) is 34.4 Å². The number of aromatic nitrogens is 6. The monoisotopic (exact) mass is 517 g/mol. The number of benzene rings is 2. The Labute approximate surface area is 224 Å². The van der Waals surface area contributed by atoms with Crippen LogP contribution in [0.2, 0.25) is 0 Å². The summed E-state index contributed by atoms with van der Waals surface area (Å²) < 4.78 is 2.20. The van der Waals surface area contributed by atoms with Crippen molar-refractivity contribution in [2.24, 2.45) is 0 Å². The van der Waals surface area contributed by atoms with Crippen LogP contribution in [0.1, 0.15) is 30.1 Å². The Hall–Kier alpha value is -4.14. The summed E-state index contributed by atoms with van der Waals surface area (Å²) >= 11 is 1.67. The lowest BCUT2D eigenvalue weighted by molar-refractivity contribution is 0.202. The van der Waals surface area contributed by atoms with Crippen molar-refractivity contribution in [1.29, 1.82) is 0 Å². The summed E-state index contributed by atoms with van der Waals surface area (Å²) in [5.41, 5.74) is 6.86. The summed E-state index contributed by atoms with van der Waals surface area (Å²) in [6.07, 6.45) is 7.82. The van der Waals surface area contributed by atoms with Gasteiger partial charge in [-0.2, -0.15) is 0 Å². The van der Waals surface area contributed by atoms with Crippen LogP contribution < -0.4 is 0 Å². The minimum Gasteiger partial charge on any atom is -0.325 e. The molecule has 0 amide bonds. The van der Waals surface area contributed by atoms with E-state index in [1.54, 1.807) is 23.7 Å². The smallest absolute Gasteiger partial charge is 0.194 e. The highest BCUT2D eigenvalue weighted by Crippen LogP contribution is 2.34. The van der Waals surface area contributed by atoms with Crippen molar-refractivity contribution < 1.29 is 0 Å². The molecule has 0 saturated carbocycles. The second-order valence-corrected chi connectivity index (χ2v) is 10.6. The standard InChI is InChI=1S/C30H27N7S/c1-2-4-23(5-3-1)27-26(32-30-37(27)18-19-38-30)22-8-6-21(7-9-22)20-36-16-12-25(13-17-36)29-33-28(34-35-29)24-10-14-31-15-11-24/h1-11,14-15,18-19,25H,12-13,16-17,20H2,(H,33,34,35). The van der Waals surface area contributed by atoms with Gasteiger partial charge in [-0.15, -0.1) is 21.5 Å². The highest BCUT2D eigenvalue weighted by atomic mass is 32.1. The molecule has 7 rings (SSSR count). The minimum atomic E-state index is 0.419. The zero-order valence-electron chi connectivity index (χ0n) is 20.9. The zero-order valence-corrected chi connectivity index (χ0v) is 21.7. The van der Waals surface area contributed by atoms with Crippen LogP contribution in [-0.4, -0.2) is 47.5 Å². The topological polar surface area (TPSA) is 75.0 Å². The molecule has 8 heteroatoms. The molecule has 1 aliphatic heterocycles. The quantitative estimate of drug-likeness (QED) is 0.281. The molecule has 1 aliphatic rings. The van der Waals surface area contributed by atoms with E-state index < -0.39 is 0 Å². The molecule has 1 N–H and O–H groups in total. The van der Waals surface area contributed by atoms with Crippen LogP contribution >= 0.6 is 11.3 Å². The lowest BCUT2D eigenvalue weighted by Crippen LogP contribution is -2.32. The number of H-pyrrole nitrogens is 1. The van der Waals surface area contributed by atoms with Gasteiger partial charge in [0.25, 0.3) is 0 Å². The van der Waals surface area contributed by atoms with Crippen LogP contribution in [0.5, 0.6) is 0 Å². The molecule has 1 saturated heterocycles. The number of nitrogens with zero attached hydrogens (tertiary/aromatic N) is 6. The summed E-state index contributed by atoms with van der Waals surface area (Å²) in [4.78, 5) is 16.0. The molecule has 0 radical (unpaired) electrons. The highest BCUT2D eigenvalue weighted by Gasteiger charge is 2.24. The van der Waals surface area contributed by atoms with Crippen LogP contribution in [0.4, 0.5) is 0 Å². The van der Waals surface area contributed by atoms with Crippen molar-refractivity contribution in [3.05, 3.63) is 102 Å². The number of thiazole rings is 1. The van der Waals surface area contributed by atoms with Crippen molar-refractivity contribution in [3.63, 3.8) is 0 Å². The average Bonchev–Trinajstić information content (AvgIpc) is 3.72. The number of nitrogens with one attached hydrogen (secondary N) is 1. The largest absolute Gasteiger partial charge is 0.325 e. The Morgan fingerprint density at radius 2 is 1.63 bits per heavy atom. The fourth-order valence-electron chi connectivity index (χ4n) is 5.35. The van der Waals surface area contributed by atoms with E-state index in [0.717, 1.165) is 71.6 Å². The second kappa shape index (κ2) is 9.96. The van der Waals surface area contributed by atoms with E-state index in [1.165, 1.54) is 11.1 Å². The lowest BCUT2D eigenvalue weighted by Gasteiger charge is -2.30. The van der Waals surface area contributed by atoms with E-state index in [9.17, 15) is 0 Å². The maximum Gasteiger partial charge on any atom is 0.194 e. The number of imidazole rings is 1. The van der Waals surface area contributed by atoms with Crippen LogP contribution in [0.3, 0.4) is 0 Å². The van der Waals surface area contributed by atoms with Gasteiger partial charge in [0.05, 0.1) is 11.4 Å². The number of piperidine rings is 1. The molecule has 0 bridgehead atoms. The van der Waals surface area contributed by atoms with Crippen LogP contribution in [0.25, 0.3) is 38.9 Å². The number of aromatic amines is 1. The molecular weight excluding hydrogens is 490 g/mol. The number of fused-ring (bicyclic) bond motifs is 1. The molecule has 2 aromatic carbocycles. The van der Waals surface area contributed by atoms with E-state index >= 15 is 0 Å². The summed E-state index contributed by atoms with van der Waals surface area (Å²) in [6, 6.07) is 23.4. The van der Waals surface area contributed by atoms with Crippen molar-refractivity contribution >= 4 is 16.3 Å². The Morgan fingerprint density at radius 1 is 0.842 bits per heavy atom. The highest BCUT2D eigenvalue weighted by molar-refractivity contribution is 7.15. The molecule has 5 heterocycles. The van der Waals surface area contributed by atoms with Crippen LogP contribution in [0.15, 0.2) is 90.7 Å². The average molecular weight is 518 g/mol. The summed E-state index contributed by atoms with van der Waals surface area (Å²) in [5, 5.41) is 10.9. The molecule has 188 valence electrons. The Morgan fingerprint density at radius 3 is 2.42 bits per heavy atom. The van der Waals surface area contributed by atoms with E-state index in [4.69, 9.17) is 4.98 Å². The van der Waals surface area contributed by atoms with Gasteiger partial charge in [-0.1, -0.05) is 54.6 Å². The van der Waals surface area contributed by atoms with Gasteiger partial charge in [0.15, 0.2) is 10.8 Å². The van der Waals surface area contributed by atoms with Crippen molar-refractivity contribution in [3.8, 4) is 33.9 Å².